The average Bonchev–Trinajstić information content (AvgIpc) is 2.01. The van der Waals surface area contributed by atoms with Crippen LogP contribution in [0, 0.1) is 0 Å². The van der Waals surface area contributed by atoms with Crippen LogP contribution in [0.5, 0.6) is 0 Å². The Morgan fingerprint density at radius 2 is 1.64 bits per heavy atom. The van der Waals surface area contributed by atoms with Gasteiger partial charge in [-0.2, -0.15) is 0 Å². The number of hydrogen-bond donors (Lipinski definition) is 0. The molecule has 0 atom stereocenters. The van der Waals surface area contributed by atoms with Gasteiger partial charge in [-0.1, -0.05) is 0 Å². The van der Waals surface area contributed by atoms with E-state index in [9.17, 15) is 0 Å². The Bertz CT molecular complexity index is 232. The van der Waals surface area contributed by atoms with Crippen molar-refractivity contribution < 1.29 is 10.3 Å². The van der Waals surface area contributed by atoms with Crippen LogP contribution in [-0.2, 0) is 10.3 Å². The molecule has 0 aromatic rings. The van der Waals surface area contributed by atoms with Gasteiger partial charge in [0, 0.05) is 0 Å². The van der Waals surface area contributed by atoms with Crippen molar-refractivity contribution >= 4 is 0 Å². The molecule has 0 fully saturated rings. The molecule has 0 heterocycles. The Hall–Kier alpha value is -0.0265. The molecule has 0 radical (unpaired) electrons. The summed E-state index contributed by atoms with van der Waals surface area (Å²) < 4.78 is 1.64. The molecule has 0 N–H and O–H groups in total. The van der Waals surface area contributed by atoms with Crippen LogP contribution in [0.15, 0.2) is 22.8 Å². The third-order valence-electron chi connectivity index (χ3n) is 1.72. The van der Waals surface area contributed by atoms with Gasteiger partial charge in [0.25, 0.3) is 0 Å². The van der Waals surface area contributed by atoms with Crippen molar-refractivity contribution in [1.29, 1.82) is 0 Å². The Balaban J connectivity index is 3.11. The minimum atomic E-state index is -1.89. The van der Waals surface area contributed by atoms with Crippen LogP contribution in [0.2, 0.25) is 29.5 Å². The summed E-state index contributed by atoms with van der Waals surface area (Å²) in [5.41, 5.74) is 0. The van der Waals surface area contributed by atoms with Gasteiger partial charge in [-0.05, 0) is 0 Å². The van der Waals surface area contributed by atoms with Gasteiger partial charge < -0.3 is 0 Å². The van der Waals surface area contributed by atoms with Crippen LogP contribution in [0.4, 0.5) is 0 Å². The first-order valence-corrected chi connectivity index (χ1v) is 8.89. The molecule has 0 nitrogen and oxygen atoms in total. The molecule has 0 bridgehead atoms. The summed E-state index contributed by atoms with van der Waals surface area (Å²) in [6, 6.07) is 0. The van der Waals surface area contributed by atoms with Gasteiger partial charge in [0.1, 0.15) is 0 Å². The second-order valence-corrected chi connectivity index (χ2v) is 18.1. The normalized spacial score (nSPS) is 24.3. The van der Waals surface area contributed by atoms with Gasteiger partial charge >= 0.3 is 69.0 Å². The van der Waals surface area contributed by atoms with Crippen molar-refractivity contribution in [3.8, 4) is 0 Å². The SMILES string of the molecule is [CH3][Ni]([CH3])([CH3])([CH3])([CH3])[C]1=CC=CC1. The molecule has 1 heteroatoms. The van der Waals surface area contributed by atoms with Crippen molar-refractivity contribution in [2.75, 3.05) is 0 Å². The molecule has 0 saturated carbocycles. The zero-order valence-corrected chi connectivity index (χ0v) is 9.24. The molecule has 0 aliphatic heterocycles. The fourth-order valence-electron chi connectivity index (χ4n) is 0.994. The van der Waals surface area contributed by atoms with E-state index >= 15 is 0 Å². The van der Waals surface area contributed by atoms with Crippen LogP contribution in [-0.4, -0.2) is 0 Å². The van der Waals surface area contributed by atoms with Gasteiger partial charge in [0.15, 0.2) is 0 Å². The second kappa shape index (κ2) is 1.66. The van der Waals surface area contributed by atoms with E-state index in [2.05, 4.69) is 47.7 Å². The van der Waals surface area contributed by atoms with Gasteiger partial charge in [-0.15, -0.1) is 0 Å². The molecule has 0 saturated heterocycles. The van der Waals surface area contributed by atoms with E-state index in [1.807, 2.05) is 0 Å². The zero-order valence-electron chi connectivity index (χ0n) is 8.26. The zero-order chi connectivity index (χ0) is 8.81. The fraction of sp³-hybridized carbons (Fsp3) is 0.600. The molecule has 1 aliphatic carbocycles. The van der Waals surface area contributed by atoms with E-state index in [-0.39, 0.29) is 0 Å². The molecular weight excluding hydrogens is 179 g/mol. The third kappa shape index (κ3) is 2.20. The van der Waals surface area contributed by atoms with Crippen LogP contribution >= 0.6 is 0 Å². The Labute approximate surface area is 69.4 Å². The molecule has 11 heavy (non-hydrogen) atoms. The Morgan fingerprint density at radius 1 is 1.09 bits per heavy atom. The molecule has 0 unspecified atom stereocenters. The molecule has 1 rings (SSSR count). The van der Waals surface area contributed by atoms with Crippen LogP contribution < -0.4 is 0 Å². The Morgan fingerprint density at radius 3 is 1.82 bits per heavy atom. The predicted octanol–water partition coefficient (Wildman–Crippen LogP) is 4.30. The van der Waals surface area contributed by atoms with Crippen molar-refractivity contribution in [3.05, 3.63) is 22.8 Å². The first-order chi connectivity index (χ1) is 4.59. The number of hydrogen-bond acceptors (Lipinski definition) is 0. The summed E-state index contributed by atoms with van der Waals surface area (Å²) in [5, 5.41) is 0. The van der Waals surface area contributed by atoms with Crippen LogP contribution in [0.1, 0.15) is 6.42 Å². The van der Waals surface area contributed by atoms with Crippen molar-refractivity contribution in [2.24, 2.45) is 0 Å². The van der Waals surface area contributed by atoms with E-state index in [4.69, 9.17) is 0 Å². The quantitative estimate of drug-likeness (QED) is 0.552. The second-order valence-electron chi connectivity index (χ2n) is 5.16. The van der Waals surface area contributed by atoms with E-state index in [0.29, 0.717) is 0 Å². The van der Waals surface area contributed by atoms with E-state index in [1.165, 1.54) is 6.42 Å². The van der Waals surface area contributed by atoms with E-state index in [1.54, 1.807) is 4.54 Å². The molecule has 0 aromatic heterocycles. The summed E-state index contributed by atoms with van der Waals surface area (Å²) in [7, 11) is -1.89. The molecule has 1 aliphatic rings. The number of rotatable bonds is 1. The molecule has 0 spiro atoms. The molecule has 0 amide bonds. The van der Waals surface area contributed by atoms with E-state index in [0.717, 1.165) is 0 Å². The first-order valence-electron chi connectivity index (χ1n) is 3.46. The summed E-state index contributed by atoms with van der Waals surface area (Å²) in [6.07, 6.45) is 7.90. The topological polar surface area (TPSA) is 0 Å². The van der Waals surface area contributed by atoms with E-state index < -0.39 is 10.3 Å². The third-order valence-corrected chi connectivity index (χ3v) is 5.26. The Kier molecular flexibility index (Phi) is 1.37. The standard InChI is InChI=1S/C5H5.5CH3.Ni/c1-2-4-5-3-1;;;;;;/h1-3H,4H2;5*1H3;. The summed E-state index contributed by atoms with van der Waals surface area (Å²) >= 11 is 0. The fourth-order valence-corrected chi connectivity index (χ4v) is 3.04. The van der Waals surface area contributed by atoms with Crippen LogP contribution in [0.25, 0.3) is 0 Å². The van der Waals surface area contributed by atoms with Gasteiger partial charge in [0.05, 0.1) is 0 Å². The molecule has 70 valence electrons. The van der Waals surface area contributed by atoms with Gasteiger partial charge in [-0.25, -0.2) is 0 Å². The van der Waals surface area contributed by atoms with Crippen molar-refractivity contribution in [3.63, 3.8) is 0 Å². The van der Waals surface area contributed by atoms with Crippen LogP contribution in [0.3, 0.4) is 0 Å². The first kappa shape index (κ1) is 9.06. The predicted molar refractivity (Wildman–Crippen MR) is 51.2 cm³/mol. The number of allylic oxidation sites excluding steroid dienone is 4. The summed E-state index contributed by atoms with van der Waals surface area (Å²) in [4.78, 5) is 0. The maximum atomic E-state index is 2.42. The van der Waals surface area contributed by atoms with Gasteiger partial charge in [-0.3, -0.25) is 0 Å². The van der Waals surface area contributed by atoms with Crippen molar-refractivity contribution in [2.45, 2.75) is 35.9 Å². The monoisotopic (exact) mass is 198 g/mol. The minimum absolute atomic E-state index is 1.17. The van der Waals surface area contributed by atoms with Crippen molar-refractivity contribution in [1.82, 2.24) is 0 Å². The molecular formula is C10H20Ni. The average molecular weight is 199 g/mol. The summed E-state index contributed by atoms with van der Waals surface area (Å²) in [5.74, 6) is 12.1. The summed E-state index contributed by atoms with van der Waals surface area (Å²) in [6.45, 7) is 0. The molecule has 0 aromatic carbocycles. The van der Waals surface area contributed by atoms with Gasteiger partial charge in [0.2, 0.25) is 0 Å². The maximum absolute atomic E-state index is 2.42.